The van der Waals surface area contributed by atoms with Gasteiger partial charge in [-0.1, -0.05) is 162 Å². The number of benzene rings is 1. The van der Waals surface area contributed by atoms with E-state index in [0.717, 1.165) is 42.0 Å². The van der Waals surface area contributed by atoms with Crippen molar-refractivity contribution in [2.75, 3.05) is 7.11 Å². The van der Waals surface area contributed by atoms with Gasteiger partial charge in [-0.05, 0) is 62.3 Å². The standard InChI is InChI=1S/C47H72N8O3S/c1-12-14-16-17-18-19-20-21-22-23-24-25-26-28-34-29-27-30-35(32-34)58-36(31-15-13-2)43(56)49-47(8,9)46(6,7)44-53-52-42-39(40(45(3,4)5)54-55(42)44)59-38-33-37(57-11)41(48-10)51-50-38/h27,29-30,32-33,36,54H,12-26,28,31H2,1-9,11H3,(H,49,56). The number of methoxy groups -OCH3 is 1. The first-order valence-electron chi connectivity index (χ1n) is 22.2. The smallest absolute Gasteiger partial charge is 0.337 e. The number of ether oxygens (including phenoxy) is 2. The summed E-state index contributed by atoms with van der Waals surface area (Å²) in [7, 11) is 1.51. The summed E-state index contributed by atoms with van der Waals surface area (Å²) in [6.45, 7) is 26.4. The maximum atomic E-state index is 14.2. The largest absolute Gasteiger partial charge is 0.506 e. The Labute approximate surface area is 358 Å². The van der Waals surface area contributed by atoms with Gasteiger partial charge in [-0.2, -0.15) is 0 Å². The number of H-pyrrole nitrogens is 1. The monoisotopic (exact) mass is 829 g/mol. The quantitative estimate of drug-likeness (QED) is 0.0474. The Morgan fingerprint density at radius 1 is 0.847 bits per heavy atom. The topological polar surface area (TPSA) is 124 Å². The van der Waals surface area contributed by atoms with Gasteiger partial charge in [0.05, 0.1) is 17.7 Å². The number of aromatic nitrogens is 6. The van der Waals surface area contributed by atoms with Gasteiger partial charge in [0.25, 0.3) is 5.91 Å². The van der Waals surface area contributed by atoms with Crippen molar-refractivity contribution in [2.45, 2.75) is 204 Å². The first-order valence-corrected chi connectivity index (χ1v) is 23.0. The average Bonchev–Trinajstić information content (AvgIpc) is 3.79. The maximum absolute atomic E-state index is 14.2. The van der Waals surface area contributed by atoms with E-state index in [9.17, 15) is 4.79 Å². The van der Waals surface area contributed by atoms with Gasteiger partial charge in [0.1, 0.15) is 10.8 Å². The molecule has 0 aliphatic heterocycles. The predicted octanol–water partition coefficient (Wildman–Crippen LogP) is 12.3. The normalized spacial score (nSPS) is 12.8. The number of unbranched alkanes of at least 4 members (excludes halogenated alkanes) is 13. The summed E-state index contributed by atoms with van der Waals surface area (Å²) < 4.78 is 13.8. The van der Waals surface area contributed by atoms with Gasteiger partial charge in [0.15, 0.2) is 23.3 Å². The van der Waals surface area contributed by atoms with Crippen molar-refractivity contribution >= 4 is 29.1 Å². The Bertz CT molecular complexity index is 1950. The average molecular weight is 829 g/mol. The summed E-state index contributed by atoms with van der Waals surface area (Å²) in [4.78, 5) is 18.5. The fourth-order valence-electron chi connectivity index (χ4n) is 7.30. The van der Waals surface area contributed by atoms with Gasteiger partial charge in [-0.25, -0.2) is 4.52 Å². The molecule has 11 nitrogen and oxygen atoms in total. The Balaban J connectivity index is 1.40. The number of nitrogens with one attached hydrogen (secondary N) is 2. The lowest BCUT2D eigenvalue weighted by atomic mass is 9.73. The fraction of sp³-hybridized carbons (Fsp3) is 0.660. The van der Waals surface area contributed by atoms with Crippen LogP contribution >= 0.6 is 11.8 Å². The van der Waals surface area contributed by atoms with E-state index >= 15 is 0 Å². The molecule has 1 amide bonds. The lowest BCUT2D eigenvalue weighted by molar-refractivity contribution is -0.130. The molecule has 0 spiro atoms. The van der Waals surface area contributed by atoms with Crippen LogP contribution in [0.5, 0.6) is 11.5 Å². The third-order valence-corrected chi connectivity index (χ3v) is 12.7. The van der Waals surface area contributed by atoms with Crippen LogP contribution in [0.15, 0.2) is 40.3 Å². The molecule has 1 unspecified atom stereocenters. The Morgan fingerprint density at radius 2 is 1.47 bits per heavy atom. The van der Waals surface area contributed by atoms with Crippen molar-refractivity contribution in [3.8, 4) is 11.5 Å². The van der Waals surface area contributed by atoms with Crippen molar-refractivity contribution in [2.24, 2.45) is 0 Å². The molecular formula is C47H72N8O3S. The van der Waals surface area contributed by atoms with Crippen molar-refractivity contribution in [1.29, 1.82) is 0 Å². The number of hydrogen-bond acceptors (Lipinski definition) is 8. The van der Waals surface area contributed by atoms with Gasteiger partial charge in [0.2, 0.25) is 0 Å². The first-order chi connectivity index (χ1) is 28.2. The van der Waals surface area contributed by atoms with Crippen LogP contribution in [-0.2, 0) is 22.0 Å². The van der Waals surface area contributed by atoms with Crippen LogP contribution in [-0.4, -0.2) is 54.7 Å². The number of aromatic amines is 1. The van der Waals surface area contributed by atoms with E-state index in [0.29, 0.717) is 28.7 Å². The molecule has 3 aromatic heterocycles. The predicted molar refractivity (Wildman–Crippen MR) is 240 cm³/mol. The molecule has 0 fully saturated rings. The van der Waals surface area contributed by atoms with Gasteiger partial charge >= 0.3 is 5.82 Å². The van der Waals surface area contributed by atoms with Gasteiger partial charge in [-0.15, -0.1) is 10.2 Å². The number of hydrogen-bond donors (Lipinski definition) is 2. The molecule has 0 aliphatic carbocycles. The summed E-state index contributed by atoms with van der Waals surface area (Å²) >= 11 is 1.40. The maximum Gasteiger partial charge on any atom is 0.337 e. The molecule has 4 aromatic rings. The lowest BCUT2D eigenvalue weighted by Crippen LogP contribution is -2.59. The second kappa shape index (κ2) is 22.5. The number of carbonyl (C=O) groups excluding carboxylic acids is 1. The van der Waals surface area contributed by atoms with E-state index in [2.05, 4.69) is 91.2 Å². The van der Waals surface area contributed by atoms with Gasteiger partial charge < -0.3 is 19.6 Å². The zero-order valence-electron chi connectivity index (χ0n) is 37.8. The highest BCUT2D eigenvalue weighted by Gasteiger charge is 2.45. The molecular weight excluding hydrogens is 757 g/mol. The highest BCUT2D eigenvalue weighted by molar-refractivity contribution is 7.99. The zero-order valence-corrected chi connectivity index (χ0v) is 38.6. The second-order valence-electron chi connectivity index (χ2n) is 18.2. The van der Waals surface area contributed by atoms with Crippen molar-refractivity contribution < 1.29 is 14.3 Å². The molecule has 0 bridgehead atoms. The molecule has 0 saturated heterocycles. The molecule has 0 aliphatic rings. The first kappa shape index (κ1) is 47.6. The molecule has 0 saturated carbocycles. The van der Waals surface area contributed by atoms with Crippen molar-refractivity contribution in [3.63, 3.8) is 0 Å². The minimum absolute atomic E-state index is 0.110. The number of amides is 1. The molecule has 59 heavy (non-hydrogen) atoms. The van der Waals surface area contributed by atoms with Crippen LogP contribution in [0.25, 0.3) is 10.5 Å². The third kappa shape index (κ3) is 13.2. The van der Waals surface area contributed by atoms with Crippen LogP contribution in [0.4, 0.5) is 5.82 Å². The highest BCUT2D eigenvalue weighted by Crippen LogP contribution is 2.42. The second-order valence-corrected chi connectivity index (χ2v) is 19.2. The Morgan fingerprint density at radius 3 is 2.07 bits per heavy atom. The molecule has 324 valence electrons. The zero-order chi connectivity index (χ0) is 43.1. The van der Waals surface area contributed by atoms with Crippen LogP contribution in [0.1, 0.15) is 182 Å². The van der Waals surface area contributed by atoms with Gasteiger partial charge in [0, 0.05) is 27.5 Å². The summed E-state index contributed by atoms with van der Waals surface area (Å²) in [5, 5.41) is 25.3. The van der Waals surface area contributed by atoms with E-state index in [4.69, 9.17) is 21.1 Å². The van der Waals surface area contributed by atoms with Crippen molar-refractivity contribution in [1.82, 2.24) is 35.3 Å². The molecule has 0 radical (unpaired) electrons. The van der Waals surface area contributed by atoms with Crippen LogP contribution in [0, 0.1) is 6.57 Å². The SMILES string of the molecule is [C-]#[N+]c1nnc(Sc2c(C(C)(C)C)[nH]n3c(C(C)(C)C(C)(C)NC(=O)C(CCCC)Oc4cccc(CCCCCCCCCCCCCCC)c4)nnc23)cc1OC. The molecule has 3 heterocycles. The van der Waals surface area contributed by atoms with E-state index in [-0.39, 0.29) is 17.1 Å². The number of carbonyl (C=O) groups is 1. The summed E-state index contributed by atoms with van der Waals surface area (Å²) in [6.07, 6.45) is 20.3. The molecule has 12 heteroatoms. The summed E-state index contributed by atoms with van der Waals surface area (Å²) in [6, 6.07) is 10.0. The van der Waals surface area contributed by atoms with E-state index < -0.39 is 17.1 Å². The van der Waals surface area contributed by atoms with Crippen LogP contribution < -0.4 is 14.8 Å². The Kier molecular flexibility index (Phi) is 18.1. The summed E-state index contributed by atoms with van der Waals surface area (Å²) in [5.41, 5.74) is 1.12. The van der Waals surface area contributed by atoms with Crippen molar-refractivity contribution in [3.05, 3.63) is 58.8 Å². The molecule has 1 aromatic carbocycles. The van der Waals surface area contributed by atoms with Crippen LogP contribution in [0.2, 0.25) is 0 Å². The number of nitrogens with zero attached hydrogens (tertiary/aromatic N) is 6. The minimum atomic E-state index is -0.758. The third-order valence-electron chi connectivity index (χ3n) is 11.7. The highest BCUT2D eigenvalue weighted by atomic mass is 32.2. The number of rotatable bonds is 26. The van der Waals surface area contributed by atoms with Gasteiger partial charge in [-0.3, -0.25) is 9.89 Å². The fourth-order valence-corrected chi connectivity index (χ4v) is 8.43. The lowest BCUT2D eigenvalue weighted by Gasteiger charge is -2.41. The summed E-state index contributed by atoms with van der Waals surface area (Å²) in [5.74, 6) is 1.74. The Hall–Kier alpha value is -4.11. The van der Waals surface area contributed by atoms with E-state index in [1.54, 1.807) is 6.07 Å². The van der Waals surface area contributed by atoms with Crippen LogP contribution in [0.3, 0.4) is 0 Å². The molecule has 1 atom stereocenters. The molecule has 2 N–H and O–H groups in total. The van der Waals surface area contributed by atoms with E-state index in [1.807, 2.05) is 30.5 Å². The number of aryl methyl sites for hydroxylation is 1. The minimum Gasteiger partial charge on any atom is -0.506 e. The molecule has 4 rings (SSSR count). The van der Waals surface area contributed by atoms with E-state index in [1.165, 1.54) is 101 Å². The number of fused-ring (bicyclic) bond motifs is 1.